The van der Waals surface area contributed by atoms with Crippen molar-refractivity contribution in [2.75, 3.05) is 0 Å². The molecule has 0 aliphatic heterocycles. The first kappa shape index (κ1) is 15.5. The van der Waals surface area contributed by atoms with E-state index in [1.165, 1.54) is 22.9 Å². The number of ether oxygens (including phenoxy) is 1. The van der Waals surface area contributed by atoms with Crippen LogP contribution in [0.25, 0.3) is 16.7 Å². The second kappa shape index (κ2) is 6.13. The first-order valence-corrected chi connectivity index (χ1v) is 7.44. The Kier molecular flexibility index (Phi) is 3.66. The van der Waals surface area contributed by atoms with E-state index < -0.39 is 11.6 Å². The van der Waals surface area contributed by atoms with Crippen molar-refractivity contribution in [2.45, 2.75) is 0 Å². The lowest BCUT2D eigenvalue weighted by molar-refractivity contribution is 0.0697. The summed E-state index contributed by atoms with van der Waals surface area (Å²) in [5.41, 5.74) is 0.592. The number of carbonyl (C=O) groups is 1. The molecule has 26 heavy (non-hydrogen) atoms. The van der Waals surface area contributed by atoms with Gasteiger partial charge in [0.1, 0.15) is 11.3 Å². The number of fused-ring (bicyclic) bond motifs is 1. The highest BCUT2D eigenvalue weighted by atomic mass is 16.5. The molecule has 0 atom stereocenters. The Morgan fingerprint density at radius 2 is 1.85 bits per heavy atom. The Hall–Kier alpha value is -4.01. The van der Waals surface area contributed by atoms with Gasteiger partial charge >= 0.3 is 17.6 Å². The van der Waals surface area contributed by atoms with Gasteiger partial charge in [0, 0.05) is 17.5 Å². The van der Waals surface area contributed by atoms with Crippen LogP contribution in [0.4, 0.5) is 0 Å². The SMILES string of the molecule is O=C(O)c1ccc(-n2nnnc2Oc2ccc3ccc(=O)oc3c2)cc1. The van der Waals surface area contributed by atoms with Crippen LogP contribution in [-0.4, -0.2) is 31.3 Å². The molecule has 0 spiro atoms. The van der Waals surface area contributed by atoms with Crippen LogP contribution in [0.5, 0.6) is 11.8 Å². The van der Waals surface area contributed by atoms with Gasteiger partial charge < -0.3 is 14.3 Å². The lowest BCUT2D eigenvalue weighted by Crippen LogP contribution is -2.02. The van der Waals surface area contributed by atoms with Gasteiger partial charge in [0.25, 0.3) is 0 Å². The van der Waals surface area contributed by atoms with E-state index in [1.54, 1.807) is 36.4 Å². The second-order valence-electron chi connectivity index (χ2n) is 5.28. The Morgan fingerprint density at radius 3 is 2.62 bits per heavy atom. The van der Waals surface area contributed by atoms with E-state index >= 15 is 0 Å². The van der Waals surface area contributed by atoms with Crippen LogP contribution in [0, 0.1) is 0 Å². The predicted octanol–water partition coefficient (Wildman–Crippen LogP) is 2.26. The highest BCUT2D eigenvalue weighted by Gasteiger charge is 2.12. The van der Waals surface area contributed by atoms with Gasteiger partial charge in [-0.05, 0) is 52.9 Å². The molecule has 2 heterocycles. The third-order valence-corrected chi connectivity index (χ3v) is 3.60. The fourth-order valence-electron chi connectivity index (χ4n) is 2.36. The number of aromatic nitrogens is 4. The highest BCUT2D eigenvalue weighted by molar-refractivity contribution is 5.87. The molecular formula is C17H10N4O5. The average molecular weight is 350 g/mol. The van der Waals surface area contributed by atoms with Crippen LogP contribution >= 0.6 is 0 Å². The topological polar surface area (TPSA) is 120 Å². The summed E-state index contributed by atoms with van der Waals surface area (Å²) >= 11 is 0. The zero-order chi connectivity index (χ0) is 18.1. The summed E-state index contributed by atoms with van der Waals surface area (Å²) in [6.07, 6.45) is 0. The summed E-state index contributed by atoms with van der Waals surface area (Å²) in [5.74, 6) is -0.646. The molecule has 2 aromatic heterocycles. The van der Waals surface area contributed by atoms with Gasteiger partial charge in [-0.2, -0.15) is 4.68 Å². The number of rotatable bonds is 4. The fraction of sp³-hybridized carbons (Fsp3) is 0. The Morgan fingerprint density at radius 1 is 1.08 bits per heavy atom. The van der Waals surface area contributed by atoms with Crippen molar-refractivity contribution in [3.8, 4) is 17.4 Å². The number of carboxylic acids is 1. The van der Waals surface area contributed by atoms with Crippen LogP contribution < -0.4 is 10.4 Å². The quantitative estimate of drug-likeness (QED) is 0.556. The summed E-state index contributed by atoms with van der Waals surface area (Å²) in [7, 11) is 0. The summed E-state index contributed by atoms with van der Waals surface area (Å²) in [6, 6.07) is 14.1. The molecule has 9 heteroatoms. The number of aromatic carboxylic acids is 1. The molecule has 0 amide bonds. The number of carboxylic acid groups (broad SMARTS) is 1. The van der Waals surface area contributed by atoms with Crippen LogP contribution in [-0.2, 0) is 0 Å². The molecule has 0 saturated heterocycles. The van der Waals surface area contributed by atoms with E-state index in [2.05, 4.69) is 15.5 Å². The summed E-state index contributed by atoms with van der Waals surface area (Å²) in [6.45, 7) is 0. The molecular weight excluding hydrogens is 340 g/mol. The maximum Gasteiger partial charge on any atom is 0.345 e. The van der Waals surface area contributed by atoms with E-state index in [9.17, 15) is 9.59 Å². The van der Waals surface area contributed by atoms with Crippen molar-refractivity contribution in [3.63, 3.8) is 0 Å². The van der Waals surface area contributed by atoms with Crippen molar-refractivity contribution >= 4 is 16.9 Å². The van der Waals surface area contributed by atoms with Gasteiger partial charge in [-0.15, -0.1) is 0 Å². The first-order chi connectivity index (χ1) is 12.6. The monoisotopic (exact) mass is 350 g/mol. The summed E-state index contributed by atoms with van der Waals surface area (Å²) in [4.78, 5) is 22.3. The van der Waals surface area contributed by atoms with Crippen molar-refractivity contribution in [1.29, 1.82) is 0 Å². The molecule has 128 valence electrons. The number of nitrogens with zero attached hydrogens (tertiary/aromatic N) is 4. The maximum absolute atomic E-state index is 11.3. The van der Waals surface area contributed by atoms with Crippen LogP contribution in [0.15, 0.2) is 63.8 Å². The van der Waals surface area contributed by atoms with Crippen molar-refractivity contribution in [2.24, 2.45) is 0 Å². The summed E-state index contributed by atoms with van der Waals surface area (Å²) in [5, 5.41) is 20.9. The second-order valence-corrected chi connectivity index (χ2v) is 5.28. The molecule has 0 aliphatic carbocycles. The van der Waals surface area contributed by atoms with Crippen molar-refractivity contribution in [3.05, 3.63) is 70.6 Å². The van der Waals surface area contributed by atoms with Crippen molar-refractivity contribution in [1.82, 2.24) is 20.2 Å². The molecule has 0 saturated carbocycles. The first-order valence-electron chi connectivity index (χ1n) is 7.44. The van der Waals surface area contributed by atoms with Gasteiger partial charge in [-0.1, -0.05) is 5.10 Å². The number of hydrogen-bond donors (Lipinski definition) is 1. The third kappa shape index (κ3) is 2.88. The van der Waals surface area contributed by atoms with Gasteiger partial charge in [-0.3, -0.25) is 0 Å². The van der Waals surface area contributed by atoms with Gasteiger partial charge in [0.15, 0.2) is 0 Å². The Labute approximate surface area is 145 Å². The fourth-order valence-corrected chi connectivity index (χ4v) is 2.36. The molecule has 4 aromatic rings. The molecule has 9 nitrogen and oxygen atoms in total. The van der Waals surface area contributed by atoms with E-state index in [-0.39, 0.29) is 11.6 Å². The lowest BCUT2D eigenvalue weighted by atomic mass is 10.2. The Bertz CT molecular complexity index is 1160. The summed E-state index contributed by atoms with van der Waals surface area (Å²) < 4.78 is 12.1. The number of hydrogen-bond acceptors (Lipinski definition) is 7. The number of tetrazole rings is 1. The molecule has 0 fully saturated rings. The molecule has 2 aromatic carbocycles. The van der Waals surface area contributed by atoms with Gasteiger partial charge in [0.05, 0.1) is 11.3 Å². The van der Waals surface area contributed by atoms with E-state index in [0.717, 1.165) is 5.39 Å². The normalized spacial score (nSPS) is 10.8. The number of benzene rings is 2. The molecule has 4 rings (SSSR count). The van der Waals surface area contributed by atoms with E-state index in [1.807, 2.05) is 0 Å². The van der Waals surface area contributed by atoms with E-state index in [4.69, 9.17) is 14.3 Å². The predicted molar refractivity (Wildman–Crippen MR) is 88.7 cm³/mol. The molecule has 0 unspecified atom stereocenters. The molecule has 1 N–H and O–H groups in total. The van der Waals surface area contributed by atoms with Crippen LogP contribution in [0.3, 0.4) is 0 Å². The zero-order valence-corrected chi connectivity index (χ0v) is 13.1. The van der Waals surface area contributed by atoms with Gasteiger partial charge in [0.2, 0.25) is 0 Å². The van der Waals surface area contributed by atoms with Gasteiger partial charge in [-0.25, -0.2) is 9.59 Å². The van der Waals surface area contributed by atoms with Crippen LogP contribution in [0.1, 0.15) is 10.4 Å². The molecule has 0 aliphatic rings. The lowest BCUT2D eigenvalue weighted by Gasteiger charge is -2.07. The van der Waals surface area contributed by atoms with Crippen molar-refractivity contribution < 1.29 is 19.1 Å². The highest BCUT2D eigenvalue weighted by Crippen LogP contribution is 2.25. The average Bonchev–Trinajstić information content (AvgIpc) is 3.09. The third-order valence-electron chi connectivity index (χ3n) is 3.60. The molecule has 0 bridgehead atoms. The smallest absolute Gasteiger partial charge is 0.345 e. The standard InChI is InChI=1S/C17H10N4O5/c22-15-8-4-10-3-7-13(9-14(10)26-15)25-17-18-19-20-21(17)12-5-1-11(2-6-12)16(23)24/h1-9H,(H,23,24). The minimum Gasteiger partial charge on any atom is -0.478 e. The maximum atomic E-state index is 11.3. The Balaban J connectivity index is 1.67. The zero-order valence-electron chi connectivity index (χ0n) is 13.1. The van der Waals surface area contributed by atoms with E-state index in [0.29, 0.717) is 17.0 Å². The minimum atomic E-state index is -1.03. The minimum absolute atomic E-state index is 0.0747. The van der Waals surface area contributed by atoms with Crippen LogP contribution in [0.2, 0.25) is 0 Å². The molecule has 0 radical (unpaired) electrons. The largest absolute Gasteiger partial charge is 0.478 e.